The number of hydrogen-bond donors (Lipinski definition) is 4. The molecule has 2 aliphatic heterocycles. The van der Waals surface area contributed by atoms with Crippen molar-refractivity contribution in [3.8, 4) is 11.5 Å². The van der Waals surface area contributed by atoms with Crippen molar-refractivity contribution < 1.29 is 19.7 Å². The van der Waals surface area contributed by atoms with Crippen molar-refractivity contribution in [1.82, 2.24) is 15.2 Å². The Hall–Kier alpha value is -3.03. The van der Waals surface area contributed by atoms with Crippen LogP contribution < -0.4 is 10.1 Å². The Morgan fingerprint density at radius 2 is 2.13 bits per heavy atom. The third kappa shape index (κ3) is 3.20. The van der Waals surface area contributed by atoms with Crippen LogP contribution in [0.1, 0.15) is 73.1 Å². The number of benzene rings is 2. The summed E-state index contributed by atoms with van der Waals surface area (Å²) in [6, 6.07) is 10.3. The minimum atomic E-state index is -0.983. The molecule has 7 heteroatoms. The lowest BCUT2D eigenvalue weighted by atomic mass is 9.49. The molecule has 5 aliphatic rings. The summed E-state index contributed by atoms with van der Waals surface area (Å²) in [5.41, 5.74) is 5.11. The summed E-state index contributed by atoms with van der Waals surface area (Å²) in [5.74, 6) is 1.59. The van der Waals surface area contributed by atoms with Gasteiger partial charge in [-0.1, -0.05) is 19.1 Å². The molecule has 1 amide bonds. The normalized spacial score (nSPS) is 30.1. The number of H-pyrrole nitrogens is 1. The van der Waals surface area contributed by atoms with Crippen LogP contribution in [0.2, 0.25) is 0 Å². The molecular formula is C32H37N3O4. The zero-order chi connectivity index (χ0) is 26.5. The molecule has 1 spiro atoms. The first kappa shape index (κ1) is 23.8. The van der Waals surface area contributed by atoms with E-state index in [1.54, 1.807) is 6.07 Å². The number of amides is 1. The van der Waals surface area contributed by atoms with Crippen LogP contribution in [0.4, 0.5) is 0 Å². The summed E-state index contributed by atoms with van der Waals surface area (Å²) in [4.78, 5) is 18.2. The van der Waals surface area contributed by atoms with E-state index in [-0.39, 0.29) is 23.8 Å². The number of piperidine rings is 1. The maximum atomic E-state index is 13.0. The van der Waals surface area contributed by atoms with Gasteiger partial charge in [-0.15, -0.1) is 0 Å². The molecule has 0 radical (unpaired) electrons. The lowest BCUT2D eigenvalue weighted by molar-refractivity contribution is -0.173. The van der Waals surface area contributed by atoms with Crippen molar-refractivity contribution in [3.63, 3.8) is 0 Å². The van der Waals surface area contributed by atoms with Gasteiger partial charge in [-0.05, 0) is 85.9 Å². The number of phenolic OH excluding ortho intramolecular Hbond substituents is 1. The van der Waals surface area contributed by atoms with E-state index >= 15 is 0 Å². The van der Waals surface area contributed by atoms with Gasteiger partial charge in [-0.25, -0.2) is 0 Å². The first-order valence-corrected chi connectivity index (χ1v) is 14.8. The number of nitrogens with zero attached hydrogens (tertiary/aromatic N) is 1. The fraction of sp³-hybridized carbons (Fsp3) is 0.531. The van der Waals surface area contributed by atoms with Crippen molar-refractivity contribution in [2.24, 2.45) is 5.92 Å². The van der Waals surface area contributed by atoms with Crippen LogP contribution in [0, 0.1) is 5.92 Å². The maximum absolute atomic E-state index is 13.0. The van der Waals surface area contributed by atoms with Crippen molar-refractivity contribution in [2.45, 2.75) is 81.5 Å². The minimum absolute atomic E-state index is 0.0241. The smallest absolute Gasteiger partial charge is 0.219 e. The van der Waals surface area contributed by atoms with Crippen LogP contribution in [0.15, 0.2) is 30.3 Å². The number of carbonyl (C=O) groups is 1. The summed E-state index contributed by atoms with van der Waals surface area (Å²) in [7, 11) is 0. The Balaban J connectivity index is 1.23. The monoisotopic (exact) mass is 527 g/mol. The summed E-state index contributed by atoms with van der Waals surface area (Å²) < 4.78 is 6.70. The van der Waals surface area contributed by atoms with Crippen molar-refractivity contribution in [3.05, 3.63) is 58.3 Å². The molecular weight excluding hydrogens is 490 g/mol. The number of aliphatic hydroxyl groups is 1. The fourth-order valence-electron chi connectivity index (χ4n) is 8.49. The molecule has 0 unspecified atom stereocenters. The van der Waals surface area contributed by atoms with Gasteiger partial charge in [0.15, 0.2) is 17.6 Å². The minimum Gasteiger partial charge on any atom is -0.504 e. The number of phenols is 1. The van der Waals surface area contributed by atoms with E-state index in [2.05, 4.69) is 39.5 Å². The van der Waals surface area contributed by atoms with Crippen LogP contribution in [-0.4, -0.2) is 57.3 Å². The van der Waals surface area contributed by atoms with Gasteiger partial charge in [0.25, 0.3) is 0 Å². The SMILES string of the molecule is CCCC(=O)NCCc1ccc2[nH]c3c(c2c1)C[C@@]1(O)[C@H]2Cc4ccc(O)c5c4[C@@]1(CCN2CC1CC1)[C@H]3O5. The number of aromatic hydroxyl groups is 1. The van der Waals surface area contributed by atoms with E-state index in [1.165, 1.54) is 24.0 Å². The van der Waals surface area contributed by atoms with E-state index in [9.17, 15) is 15.0 Å². The topological polar surface area (TPSA) is 97.8 Å². The van der Waals surface area contributed by atoms with Crippen molar-refractivity contribution in [1.29, 1.82) is 0 Å². The lowest BCUT2D eigenvalue weighted by Crippen LogP contribution is -2.74. The molecule has 4 N–H and O–H groups in total. The third-order valence-corrected chi connectivity index (χ3v) is 10.4. The van der Waals surface area contributed by atoms with Crippen LogP contribution >= 0.6 is 0 Å². The highest BCUT2D eigenvalue weighted by Crippen LogP contribution is 2.69. The second kappa shape index (κ2) is 8.24. The Morgan fingerprint density at radius 1 is 1.26 bits per heavy atom. The van der Waals surface area contributed by atoms with Gasteiger partial charge in [-0.3, -0.25) is 9.69 Å². The van der Waals surface area contributed by atoms with Gasteiger partial charge in [0.05, 0.1) is 16.7 Å². The molecule has 39 heavy (non-hydrogen) atoms. The number of hydrogen-bond acceptors (Lipinski definition) is 5. The summed E-state index contributed by atoms with van der Waals surface area (Å²) in [6.07, 6.45) is 6.57. The first-order chi connectivity index (χ1) is 18.9. The van der Waals surface area contributed by atoms with E-state index in [0.29, 0.717) is 25.1 Å². The summed E-state index contributed by atoms with van der Waals surface area (Å²) >= 11 is 0. The molecule has 8 rings (SSSR count). The van der Waals surface area contributed by atoms with Gasteiger partial charge in [0.2, 0.25) is 5.91 Å². The highest BCUT2D eigenvalue weighted by Gasteiger charge is 2.72. The third-order valence-electron chi connectivity index (χ3n) is 10.4. The zero-order valence-electron chi connectivity index (χ0n) is 22.6. The van der Waals surface area contributed by atoms with Gasteiger partial charge >= 0.3 is 0 Å². The summed E-state index contributed by atoms with van der Waals surface area (Å²) in [5, 5.41) is 28.0. The van der Waals surface area contributed by atoms with E-state index in [4.69, 9.17) is 4.74 Å². The maximum Gasteiger partial charge on any atom is 0.219 e. The van der Waals surface area contributed by atoms with Crippen molar-refractivity contribution in [2.75, 3.05) is 19.6 Å². The zero-order valence-corrected chi connectivity index (χ0v) is 22.6. The predicted octanol–water partition coefficient (Wildman–Crippen LogP) is 4.03. The molecule has 3 aliphatic carbocycles. The standard InChI is InChI=1S/C32H37N3O4/c1-2-3-26(37)33-12-10-18-6-8-23-21(14-18)22-16-32(38)25-15-20-7-9-24(36)29-27(20)31(32,30(39-29)28(22)34-23)11-13-35(25)17-19-4-5-19/h6-9,14,19,25,30,34,36,38H,2-5,10-13,15-17H2,1H3,(H,33,37)/t25-,30+,31+,32-/m1/s1. The second-order valence-electron chi connectivity index (χ2n) is 12.7. The highest BCUT2D eigenvalue weighted by molar-refractivity contribution is 5.87. The molecule has 1 aromatic heterocycles. The molecule has 2 aromatic carbocycles. The Kier molecular flexibility index (Phi) is 5.03. The van der Waals surface area contributed by atoms with E-state index in [1.807, 2.05) is 6.92 Å². The lowest BCUT2D eigenvalue weighted by Gasteiger charge is -2.62. The molecule has 1 saturated carbocycles. The van der Waals surface area contributed by atoms with Gasteiger partial charge in [-0.2, -0.15) is 0 Å². The van der Waals surface area contributed by atoms with Crippen molar-refractivity contribution >= 4 is 16.8 Å². The first-order valence-electron chi connectivity index (χ1n) is 14.8. The van der Waals surface area contributed by atoms with E-state index in [0.717, 1.165) is 72.4 Å². The fourth-order valence-corrected chi connectivity index (χ4v) is 8.49. The second-order valence-corrected chi connectivity index (χ2v) is 12.7. The van der Waals surface area contributed by atoms with Crippen LogP contribution in [-0.2, 0) is 29.5 Å². The average Bonchev–Trinajstić information content (AvgIpc) is 3.56. The quantitative estimate of drug-likeness (QED) is 0.372. The van der Waals surface area contributed by atoms with Crippen LogP contribution in [0.25, 0.3) is 10.9 Å². The number of ether oxygens (including phenoxy) is 1. The van der Waals surface area contributed by atoms with E-state index < -0.39 is 11.0 Å². The number of aromatic amines is 1. The molecule has 3 aromatic rings. The number of fused-ring (bicyclic) bond motifs is 4. The van der Waals surface area contributed by atoms with Gasteiger partial charge in [0, 0.05) is 48.4 Å². The van der Waals surface area contributed by atoms with Crippen LogP contribution in [0.3, 0.4) is 0 Å². The molecule has 7 nitrogen and oxygen atoms in total. The number of rotatable bonds is 7. The Morgan fingerprint density at radius 3 is 2.95 bits per heavy atom. The molecule has 2 bridgehead atoms. The summed E-state index contributed by atoms with van der Waals surface area (Å²) in [6.45, 7) is 4.64. The number of aromatic nitrogens is 1. The van der Waals surface area contributed by atoms with Gasteiger partial charge in [0.1, 0.15) is 0 Å². The predicted molar refractivity (Wildman–Crippen MR) is 148 cm³/mol. The number of nitrogens with one attached hydrogen (secondary N) is 2. The highest BCUT2D eigenvalue weighted by atomic mass is 16.5. The molecule has 204 valence electrons. The molecule has 1 saturated heterocycles. The molecule has 2 fully saturated rings. The number of likely N-dealkylation sites (tertiary alicyclic amines) is 1. The number of carbonyl (C=O) groups excluding carboxylic acids is 1. The molecule has 4 atom stereocenters. The Bertz CT molecular complexity index is 1510. The largest absolute Gasteiger partial charge is 0.504 e. The van der Waals surface area contributed by atoms with Crippen LogP contribution in [0.5, 0.6) is 11.5 Å². The molecule has 3 heterocycles. The average molecular weight is 528 g/mol. The van der Waals surface area contributed by atoms with Gasteiger partial charge < -0.3 is 25.3 Å². The Labute approximate surface area is 228 Å².